The van der Waals surface area contributed by atoms with E-state index in [4.69, 9.17) is 4.74 Å². The molecule has 2 aromatic heterocycles. The van der Waals surface area contributed by atoms with Gasteiger partial charge < -0.3 is 4.74 Å². The van der Waals surface area contributed by atoms with Gasteiger partial charge in [0.25, 0.3) is 0 Å². The zero-order valence-electron chi connectivity index (χ0n) is 10.2. The van der Waals surface area contributed by atoms with Crippen LogP contribution in [0.3, 0.4) is 0 Å². The summed E-state index contributed by atoms with van der Waals surface area (Å²) in [4.78, 5) is 15.3. The third kappa shape index (κ3) is 2.20. The molecule has 19 heavy (non-hydrogen) atoms. The first-order chi connectivity index (χ1) is 9.38. The normalized spacial score (nSPS) is 10.5. The first-order valence-electron chi connectivity index (χ1n) is 5.97. The van der Waals surface area contributed by atoms with Crippen LogP contribution in [0.15, 0.2) is 54.7 Å². The molecular formula is C15H12N2O2. The van der Waals surface area contributed by atoms with E-state index in [1.165, 1.54) is 0 Å². The number of para-hydroxylation sites is 1. The van der Waals surface area contributed by atoms with Crippen molar-refractivity contribution in [3.8, 4) is 5.75 Å². The monoisotopic (exact) mass is 252 g/mol. The zero-order valence-corrected chi connectivity index (χ0v) is 10.2. The molecule has 4 heteroatoms. The molecule has 1 aromatic carbocycles. The van der Waals surface area contributed by atoms with Gasteiger partial charge in [-0.3, -0.25) is 9.20 Å². The van der Waals surface area contributed by atoms with Gasteiger partial charge in [-0.1, -0.05) is 24.3 Å². The predicted octanol–water partition coefficient (Wildman–Crippen LogP) is 2.73. The standard InChI is InChI=1S/C15H12N2O2/c18-10-13-14(11-19-12-6-2-1-3-7-12)17-9-5-4-8-15(17)16-13/h1-10H,11H2. The van der Waals surface area contributed by atoms with E-state index in [9.17, 15) is 4.79 Å². The highest BCUT2D eigenvalue weighted by molar-refractivity contribution is 5.75. The van der Waals surface area contributed by atoms with Crippen molar-refractivity contribution in [1.82, 2.24) is 9.38 Å². The fourth-order valence-electron chi connectivity index (χ4n) is 1.97. The number of fused-ring (bicyclic) bond motifs is 1. The lowest BCUT2D eigenvalue weighted by atomic mass is 10.3. The molecular weight excluding hydrogens is 240 g/mol. The topological polar surface area (TPSA) is 43.6 Å². The molecule has 2 heterocycles. The van der Waals surface area contributed by atoms with E-state index in [2.05, 4.69) is 4.98 Å². The summed E-state index contributed by atoms with van der Waals surface area (Å²) in [6.45, 7) is 0.309. The van der Waals surface area contributed by atoms with Gasteiger partial charge in [-0.25, -0.2) is 4.98 Å². The molecule has 0 aliphatic carbocycles. The molecule has 0 fully saturated rings. The maximum Gasteiger partial charge on any atom is 0.170 e. The van der Waals surface area contributed by atoms with Crippen LogP contribution in [0, 0.1) is 0 Å². The zero-order chi connectivity index (χ0) is 13.1. The number of benzene rings is 1. The summed E-state index contributed by atoms with van der Waals surface area (Å²) in [5, 5.41) is 0. The van der Waals surface area contributed by atoms with Crippen LogP contribution in [0.5, 0.6) is 5.75 Å². The number of rotatable bonds is 4. The van der Waals surface area contributed by atoms with E-state index in [0.29, 0.717) is 12.3 Å². The number of hydrogen-bond acceptors (Lipinski definition) is 3. The Kier molecular flexibility index (Phi) is 2.98. The predicted molar refractivity (Wildman–Crippen MR) is 71.4 cm³/mol. The lowest BCUT2D eigenvalue weighted by molar-refractivity contribution is 0.111. The molecule has 3 aromatic rings. The highest BCUT2D eigenvalue weighted by Crippen LogP contribution is 2.15. The van der Waals surface area contributed by atoms with Crippen LogP contribution in [-0.2, 0) is 6.61 Å². The van der Waals surface area contributed by atoms with E-state index in [0.717, 1.165) is 23.4 Å². The molecule has 0 spiro atoms. The van der Waals surface area contributed by atoms with Crippen molar-refractivity contribution >= 4 is 11.9 Å². The number of hydrogen-bond donors (Lipinski definition) is 0. The van der Waals surface area contributed by atoms with Gasteiger partial charge in [0.05, 0.1) is 5.69 Å². The number of aromatic nitrogens is 2. The molecule has 0 saturated carbocycles. The van der Waals surface area contributed by atoms with Crippen molar-refractivity contribution in [1.29, 1.82) is 0 Å². The highest BCUT2D eigenvalue weighted by Gasteiger charge is 2.11. The molecule has 0 aliphatic heterocycles. The highest BCUT2D eigenvalue weighted by atomic mass is 16.5. The number of pyridine rings is 1. The quantitative estimate of drug-likeness (QED) is 0.670. The summed E-state index contributed by atoms with van der Waals surface area (Å²) in [7, 11) is 0. The second-order valence-electron chi connectivity index (χ2n) is 4.09. The number of aldehydes is 1. The Hall–Kier alpha value is -2.62. The Morgan fingerprint density at radius 2 is 1.89 bits per heavy atom. The third-order valence-electron chi connectivity index (χ3n) is 2.89. The van der Waals surface area contributed by atoms with Crippen LogP contribution in [0.4, 0.5) is 0 Å². The van der Waals surface area contributed by atoms with Gasteiger partial charge in [0.1, 0.15) is 23.7 Å². The smallest absolute Gasteiger partial charge is 0.170 e. The lowest BCUT2D eigenvalue weighted by Gasteiger charge is -2.06. The lowest BCUT2D eigenvalue weighted by Crippen LogP contribution is -2.02. The molecule has 94 valence electrons. The summed E-state index contributed by atoms with van der Waals surface area (Å²) < 4.78 is 7.55. The molecule has 0 N–H and O–H groups in total. The van der Waals surface area contributed by atoms with Crippen LogP contribution < -0.4 is 4.74 Å². The molecule has 0 atom stereocenters. The van der Waals surface area contributed by atoms with Gasteiger partial charge in [-0.15, -0.1) is 0 Å². The van der Waals surface area contributed by atoms with Crippen molar-refractivity contribution in [2.45, 2.75) is 6.61 Å². The van der Waals surface area contributed by atoms with Crippen LogP contribution >= 0.6 is 0 Å². The van der Waals surface area contributed by atoms with Crippen molar-refractivity contribution in [3.05, 3.63) is 66.1 Å². The van der Waals surface area contributed by atoms with E-state index in [-0.39, 0.29) is 0 Å². The Balaban J connectivity index is 1.93. The molecule has 0 aliphatic rings. The summed E-state index contributed by atoms with van der Waals surface area (Å²) in [6, 6.07) is 15.1. The first kappa shape index (κ1) is 11.5. The summed E-state index contributed by atoms with van der Waals surface area (Å²) >= 11 is 0. The van der Waals surface area contributed by atoms with Crippen molar-refractivity contribution in [3.63, 3.8) is 0 Å². The third-order valence-corrected chi connectivity index (χ3v) is 2.89. The van der Waals surface area contributed by atoms with Gasteiger partial charge in [-0.2, -0.15) is 0 Å². The minimum atomic E-state index is 0.309. The van der Waals surface area contributed by atoms with Crippen LogP contribution in [0.25, 0.3) is 5.65 Å². The van der Waals surface area contributed by atoms with E-state index in [1.54, 1.807) is 0 Å². The van der Waals surface area contributed by atoms with E-state index in [1.807, 2.05) is 59.1 Å². The van der Waals surface area contributed by atoms with Gasteiger partial charge in [0.2, 0.25) is 0 Å². The molecule has 0 amide bonds. The van der Waals surface area contributed by atoms with Gasteiger partial charge >= 0.3 is 0 Å². The molecule has 3 rings (SSSR count). The first-order valence-corrected chi connectivity index (χ1v) is 5.97. The summed E-state index contributed by atoms with van der Waals surface area (Å²) in [5.74, 6) is 0.769. The van der Waals surface area contributed by atoms with Gasteiger partial charge in [0, 0.05) is 6.20 Å². The van der Waals surface area contributed by atoms with E-state index < -0.39 is 0 Å². The average Bonchev–Trinajstić information content (AvgIpc) is 2.84. The summed E-state index contributed by atoms with van der Waals surface area (Å²) in [5.41, 5.74) is 1.92. The molecule has 0 saturated heterocycles. The molecule has 4 nitrogen and oxygen atoms in total. The maximum absolute atomic E-state index is 11.1. The Bertz CT molecular complexity index is 704. The fourth-order valence-corrected chi connectivity index (χ4v) is 1.97. The van der Waals surface area contributed by atoms with Gasteiger partial charge in [0.15, 0.2) is 6.29 Å². The SMILES string of the molecule is O=Cc1nc2ccccn2c1COc1ccccc1. The summed E-state index contributed by atoms with van der Waals surface area (Å²) in [6.07, 6.45) is 2.63. The fraction of sp³-hybridized carbons (Fsp3) is 0.0667. The largest absolute Gasteiger partial charge is 0.487 e. The second kappa shape index (κ2) is 4.94. The van der Waals surface area contributed by atoms with Crippen molar-refractivity contribution < 1.29 is 9.53 Å². The Morgan fingerprint density at radius 3 is 2.68 bits per heavy atom. The number of imidazole rings is 1. The Morgan fingerprint density at radius 1 is 1.11 bits per heavy atom. The van der Waals surface area contributed by atoms with E-state index >= 15 is 0 Å². The van der Waals surface area contributed by atoms with Crippen LogP contribution in [0.2, 0.25) is 0 Å². The van der Waals surface area contributed by atoms with Crippen LogP contribution in [0.1, 0.15) is 16.2 Å². The minimum absolute atomic E-state index is 0.309. The number of carbonyl (C=O) groups excluding carboxylic acids is 1. The van der Waals surface area contributed by atoms with Gasteiger partial charge in [-0.05, 0) is 24.3 Å². The molecule has 0 unspecified atom stereocenters. The van der Waals surface area contributed by atoms with Crippen molar-refractivity contribution in [2.75, 3.05) is 0 Å². The molecule has 0 radical (unpaired) electrons. The molecule has 0 bridgehead atoms. The number of nitrogens with zero attached hydrogens (tertiary/aromatic N) is 2. The minimum Gasteiger partial charge on any atom is -0.487 e. The van der Waals surface area contributed by atoms with Crippen LogP contribution in [-0.4, -0.2) is 15.7 Å². The average molecular weight is 252 g/mol. The van der Waals surface area contributed by atoms with Crippen molar-refractivity contribution in [2.24, 2.45) is 0 Å². The Labute approximate surface area is 110 Å². The maximum atomic E-state index is 11.1. The second-order valence-corrected chi connectivity index (χ2v) is 4.09. The number of carbonyl (C=O) groups is 1. The number of ether oxygens (including phenoxy) is 1.